The Morgan fingerprint density at radius 2 is 2.41 bits per heavy atom. The van der Waals surface area contributed by atoms with Gasteiger partial charge in [0.15, 0.2) is 5.78 Å². The van der Waals surface area contributed by atoms with Gasteiger partial charge in [0.1, 0.15) is 5.69 Å². The summed E-state index contributed by atoms with van der Waals surface area (Å²) in [6.45, 7) is 2.13. The Bertz CT molecular complexity index is 442. The summed E-state index contributed by atoms with van der Waals surface area (Å²) in [6.07, 6.45) is 3.19. The van der Waals surface area contributed by atoms with Crippen LogP contribution in [0.4, 0.5) is 0 Å². The molecule has 0 N–H and O–H groups in total. The second-order valence-electron chi connectivity index (χ2n) is 4.13. The zero-order chi connectivity index (χ0) is 12.3. The van der Waals surface area contributed by atoms with Crippen LogP contribution in [0.25, 0.3) is 0 Å². The molecule has 0 radical (unpaired) electrons. The fourth-order valence-corrected chi connectivity index (χ4v) is 2.10. The van der Waals surface area contributed by atoms with E-state index in [0.29, 0.717) is 25.1 Å². The Hall–Kier alpha value is -1.71. The van der Waals surface area contributed by atoms with Crippen molar-refractivity contribution in [2.75, 3.05) is 6.61 Å². The van der Waals surface area contributed by atoms with Gasteiger partial charge in [-0.15, -0.1) is 0 Å². The van der Waals surface area contributed by atoms with Gasteiger partial charge in [-0.25, -0.2) is 0 Å². The van der Waals surface area contributed by atoms with E-state index in [4.69, 9.17) is 4.74 Å². The van der Waals surface area contributed by atoms with Crippen molar-refractivity contribution >= 4 is 11.8 Å². The van der Waals surface area contributed by atoms with Crippen LogP contribution in [0.3, 0.4) is 0 Å². The van der Waals surface area contributed by atoms with Gasteiger partial charge in [0.25, 0.3) is 0 Å². The summed E-state index contributed by atoms with van der Waals surface area (Å²) in [5.74, 6) is -0.651. The molecular formula is C13H15NO3. The van der Waals surface area contributed by atoms with Gasteiger partial charge in [-0.3, -0.25) is 14.6 Å². The lowest BCUT2D eigenvalue weighted by molar-refractivity contribution is -0.148. The number of rotatable bonds is 2. The van der Waals surface area contributed by atoms with Crippen molar-refractivity contribution in [3.8, 4) is 0 Å². The van der Waals surface area contributed by atoms with Crippen LogP contribution < -0.4 is 0 Å². The van der Waals surface area contributed by atoms with Gasteiger partial charge in [-0.1, -0.05) is 6.07 Å². The lowest BCUT2D eigenvalue weighted by Crippen LogP contribution is -2.20. The summed E-state index contributed by atoms with van der Waals surface area (Å²) >= 11 is 0. The number of aromatic nitrogens is 1. The Balaban J connectivity index is 2.18. The lowest BCUT2D eigenvalue weighted by atomic mass is 10.00. The van der Waals surface area contributed by atoms with E-state index >= 15 is 0 Å². The highest BCUT2D eigenvalue weighted by Crippen LogP contribution is 2.24. The molecule has 2 rings (SSSR count). The second kappa shape index (κ2) is 5.08. The summed E-state index contributed by atoms with van der Waals surface area (Å²) in [5.41, 5.74) is 1.45. The Morgan fingerprint density at radius 1 is 1.59 bits per heavy atom. The summed E-state index contributed by atoms with van der Waals surface area (Å²) in [6, 6.07) is 3.71. The van der Waals surface area contributed by atoms with Crippen molar-refractivity contribution in [1.29, 1.82) is 0 Å². The van der Waals surface area contributed by atoms with Crippen LogP contribution in [0, 0.1) is 5.92 Å². The summed E-state index contributed by atoms with van der Waals surface area (Å²) < 4.78 is 4.97. The van der Waals surface area contributed by atoms with Crippen molar-refractivity contribution in [2.45, 2.75) is 26.2 Å². The number of hydrogen-bond acceptors (Lipinski definition) is 4. The highest BCUT2D eigenvalue weighted by molar-refractivity contribution is 5.98. The average molecular weight is 233 g/mol. The smallest absolute Gasteiger partial charge is 0.309 e. The maximum absolute atomic E-state index is 12.0. The van der Waals surface area contributed by atoms with Crippen molar-refractivity contribution in [3.63, 3.8) is 0 Å². The van der Waals surface area contributed by atoms with Crippen LogP contribution in [-0.4, -0.2) is 23.3 Å². The number of ether oxygens (including phenoxy) is 1. The molecule has 0 aromatic carbocycles. The molecule has 0 saturated heterocycles. The standard InChI is InChI=1S/C13H15NO3/c1-2-17-13(16)10-6-5-9-4-3-7-14-12(9)11(15)8-10/h3-4,7,10H,2,5-6,8H2,1H3. The third kappa shape index (κ3) is 2.52. The van der Waals surface area contributed by atoms with Crippen LogP contribution in [0.1, 0.15) is 35.8 Å². The number of fused-ring (bicyclic) bond motifs is 1. The number of Topliss-reactive ketones (excluding diaryl/α,β-unsaturated/α-hetero) is 1. The van der Waals surface area contributed by atoms with Crippen molar-refractivity contribution in [3.05, 3.63) is 29.6 Å². The third-order valence-corrected chi connectivity index (χ3v) is 2.97. The number of esters is 1. The molecule has 0 saturated carbocycles. The molecule has 0 aliphatic heterocycles. The molecule has 1 aromatic heterocycles. The molecule has 90 valence electrons. The molecule has 0 fully saturated rings. The van der Waals surface area contributed by atoms with Crippen LogP contribution in [0.2, 0.25) is 0 Å². The first-order valence-corrected chi connectivity index (χ1v) is 5.86. The molecule has 1 unspecified atom stereocenters. The number of carbonyl (C=O) groups excluding carboxylic acids is 2. The molecule has 0 bridgehead atoms. The predicted molar refractivity (Wildman–Crippen MR) is 61.6 cm³/mol. The average Bonchev–Trinajstić information content (AvgIpc) is 2.50. The Morgan fingerprint density at radius 3 is 3.18 bits per heavy atom. The van der Waals surface area contributed by atoms with E-state index in [9.17, 15) is 9.59 Å². The van der Waals surface area contributed by atoms with E-state index in [1.807, 2.05) is 12.1 Å². The molecule has 1 aliphatic rings. The largest absolute Gasteiger partial charge is 0.466 e. The van der Waals surface area contributed by atoms with Gasteiger partial charge in [0.05, 0.1) is 12.5 Å². The summed E-state index contributed by atoms with van der Waals surface area (Å²) in [5, 5.41) is 0. The van der Waals surface area contributed by atoms with E-state index < -0.39 is 0 Å². The summed E-state index contributed by atoms with van der Waals surface area (Å²) in [4.78, 5) is 27.7. The van der Waals surface area contributed by atoms with Gasteiger partial charge in [0.2, 0.25) is 0 Å². The van der Waals surface area contributed by atoms with Crippen LogP contribution in [0.5, 0.6) is 0 Å². The molecule has 0 spiro atoms. The summed E-state index contributed by atoms with van der Waals surface area (Å²) in [7, 11) is 0. The SMILES string of the molecule is CCOC(=O)C1CCc2cccnc2C(=O)C1. The number of aryl methyl sites for hydroxylation is 1. The van der Waals surface area contributed by atoms with Crippen molar-refractivity contribution in [1.82, 2.24) is 4.98 Å². The molecule has 1 aliphatic carbocycles. The fraction of sp³-hybridized carbons (Fsp3) is 0.462. The Kier molecular flexibility index (Phi) is 3.52. The zero-order valence-corrected chi connectivity index (χ0v) is 9.81. The van der Waals surface area contributed by atoms with E-state index in [-0.39, 0.29) is 24.1 Å². The van der Waals surface area contributed by atoms with E-state index in [1.54, 1.807) is 13.1 Å². The molecule has 4 heteroatoms. The minimum Gasteiger partial charge on any atom is -0.466 e. The molecule has 0 amide bonds. The zero-order valence-electron chi connectivity index (χ0n) is 9.81. The molecule has 17 heavy (non-hydrogen) atoms. The van der Waals surface area contributed by atoms with Crippen LogP contribution >= 0.6 is 0 Å². The Labute approximate surface area is 100 Å². The fourth-order valence-electron chi connectivity index (χ4n) is 2.10. The van der Waals surface area contributed by atoms with E-state index in [1.165, 1.54) is 0 Å². The van der Waals surface area contributed by atoms with Crippen molar-refractivity contribution < 1.29 is 14.3 Å². The third-order valence-electron chi connectivity index (χ3n) is 2.97. The topological polar surface area (TPSA) is 56.3 Å². The van der Waals surface area contributed by atoms with E-state index in [0.717, 1.165) is 5.56 Å². The van der Waals surface area contributed by atoms with Gasteiger partial charge in [-0.2, -0.15) is 0 Å². The van der Waals surface area contributed by atoms with Gasteiger partial charge >= 0.3 is 5.97 Å². The lowest BCUT2D eigenvalue weighted by Gasteiger charge is -2.10. The predicted octanol–water partition coefficient (Wildman–Crippen LogP) is 1.78. The normalized spacial score (nSPS) is 19.4. The number of hydrogen-bond donors (Lipinski definition) is 0. The number of pyridine rings is 1. The van der Waals surface area contributed by atoms with E-state index in [2.05, 4.69) is 4.98 Å². The first-order valence-electron chi connectivity index (χ1n) is 5.86. The second-order valence-corrected chi connectivity index (χ2v) is 4.13. The van der Waals surface area contributed by atoms with Gasteiger partial charge in [-0.05, 0) is 31.4 Å². The van der Waals surface area contributed by atoms with Crippen LogP contribution in [0.15, 0.2) is 18.3 Å². The molecule has 4 nitrogen and oxygen atoms in total. The number of ketones is 1. The quantitative estimate of drug-likeness (QED) is 0.577. The first kappa shape index (κ1) is 11.8. The monoisotopic (exact) mass is 233 g/mol. The molecular weight excluding hydrogens is 218 g/mol. The molecule has 1 aromatic rings. The van der Waals surface area contributed by atoms with Gasteiger partial charge < -0.3 is 4.74 Å². The number of nitrogens with zero attached hydrogens (tertiary/aromatic N) is 1. The highest BCUT2D eigenvalue weighted by atomic mass is 16.5. The molecule has 1 atom stereocenters. The molecule has 1 heterocycles. The number of carbonyl (C=O) groups is 2. The minimum atomic E-state index is -0.323. The maximum Gasteiger partial charge on any atom is 0.309 e. The van der Waals surface area contributed by atoms with Crippen LogP contribution in [-0.2, 0) is 16.0 Å². The van der Waals surface area contributed by atoms with Gasteiger partial charge in [0, 0.05) is 12.6 Å². The highest BCUT2D eigenvalue weighted by Gasteiger charge is 2.28. The maximum atomic E-state index is 12.0. The van der Waals surface area contributed by atoms with Crippen molar-refractivity contribution in [2.24, 2.45) is 5.92 Å². The minimum absolute atomic E-state index is 0.0591. The first-order chi connectivity index (χ1) is 8.22.